The van der Waals surface area contributed by atoms with Crippen LogP contribution >= 0.6 is 0 Å². The smallest absolute Gasteiger partial charge is 0.0396 e. The van der Waals surface area contributed by atoms with Crippen molar-refractivity contribution in [2.45, 2.75) is 33.1 Å². The molecule has 1 atom stereocenters. The number of rotatable bonds is 2. The maximum Gasteiger partial charge on any atom is 0.0396 e. The van der Waals surface area contributed by atoms with Gasteiger partial charge in [-0.05, 0) is 69.7 Å². The molecule has 0 bridgehead atoms. The third-order valence-corrected chi connectivity index (χ3v) is 5.00. The highest BCUT2D eigenvalue weighted by Crippen LogP contribution is 2.32. The lowest BCUT2D eigenvalue weighted by Crippen LogP contribution is -2.37. The summed E-state index contributed by atoms with van der Waals surface area (Å²) in [6.45, 7) is 9.40. The molecule has 2 heteroatoms. The van der Waals surface area contributed by atoms with Gasteiger partial charge in [-0.3, -0.25) is 0 Å². The van der Waals surface area contributed by atoms with Gasteiger partial charge in [-0.1, -0.05) is 17.7 Å². The van der Waals surface area contributed by atoms with Gasteiger partial charge in [0.05, 0.1) is 0 Å². The quantitative estimate of drug-likeness (QED) is 0.877. The minimum absolute atomic E-state index is 0.946. The van der Waals surface area contributed by atoms with Crippen LogP contribution in [0.1, 0.15) is 30.4 Å². The zero-order valence-corrected chi connectivity index (χ0v) is 12.3. The van der Waals surface area contributed by atoms with E-state index in [1.807, 2.05) is 0 Å². The van der Waals surface area contributed by atoms with Crippen LogP contribution in [0.3, 0.4) is 0 Å². The van der Waals surface area contributed by atoms with Crippen LogP contribution in [0.15, 0.2) is 18.2 Å². The first-order chi connectivity index (χ1) is 9.24. The van der Waals surface area contributed by atoms with Gasteiger partial charge in [0.25, 0.3) is 0 Å². The van der Waals surface area contributed by atoms with Gasteiger partial charge in [-0.2, -0.15) is 0 Å². The van der Waals surface area contributed by atoms with Gasteiger partial charge in [0.1, 0.15) is 0 Å². The predicted octanol–water partition coefficient (Wildman–Crippen LogP) is 3.13. The van der Waals surface area contributed by atoms with Crippen LogP contribution < -0.4 is 10.2 Å². The summed E-state index contributed by atoms with van der Waals surface area (Å²) in [7, 11) is 0. The molecule has 19 heavy (non-hydrogen) atoms. The molecule has 1 unspecified atom stereocenters. The molecule has 1 aromatic rings. The van der Waals surface area contributed by atoms with E-state index in [0.717, 1.165) is 11.8 Å². The van der Waals surface area contributed by atoms with Crippen molar-refractivity contribution in [3.05, 3.63) is 29.3 Å². The first kappa shape index (κ1) is 13.0. The van der Waals surface area contributed by atoms with Crippen LogP contribution in [0, 0.1) is 25.7 Å². The fourth-order valence-electron chi connectivity index (χ4n) is 3.85. The Labute approximate surface area is 117 Å². The summed E-state index contributed by atoms with van der Waals surface area (Å²) in [6.07, 6.45) is 4.15. The summed E-state index contributed by atoms with van der Waals surface area (Å²) in [5, 5.41) is 3.51. The molecule has 0 spiro atoms. The maximum absolute atomic E-state index is 3.51. The van der Waals surface area contributed by atoms with Gasteiger partial charge >= 0.3 is 0 Å². The molecule has 2 saturated heterocycles. The van der Waals surface area contributed by atoms with Crippen LogP contribution in [0.25, 0.3) is 0 Å². The van der Waals surface area contributed by atoms with E-state index in [0.29, 0.717) is 0 Å². The van der Waals surface area contributed by atoms with Gasteiger partial charge in [-0.25, -0.2) is 0 Å². The van der Waals surface area contributed by atoms with Crippen LogP contribution in [0.5, 0.6) is 0 Å². The number of piperidine rings is 1. The van der Waals surface area contributed by atoms with Crippen molar-refractivity contribution in [1.29, 1.82) is 0 Å². The normalized spacial score (nSPS) is 24.9. The van der Waals surface area contributed by atoms with Gasteiger partial charge in [0.2, 0.25) is 0 Å². The Kier molecular flexibility index (Phi) is 3.79. The Bertz CT molecular complexity index is 427. The van der Waals surface area contributed by atoms with Crippen molar-refractivity contribution in [3.63, 3.8) is 0 Å². The van der Waals surface area contributed by atoms with Crippen molar-refractivity contribution in [2.24, 2.45) is 11.8 Å². The number of aryl methyl sites for hydroxylation is 2. The monoisotopic (exact) mass is 258 g/mol. The molecular formula is C17H26N2. The zero-order valence-electron chi connectivity index (χ0n) is 12.3. The molecule has 104 valence electrons. The van der Waals surface area contributed by atoms with E-state index in [1.54, 1.807) is 0 Å². The molecule has 0 radical (unpaired) electrons. The Morgan fingerprint density at radius 2 is 1.84 bits per heavy atom. The number of hydrogen-bond donors (Lipinski definition) is 1. The number of nitrogens with one attached hydrogen (secondary N) is 1. The highest BCUT2D eigenvalue weighted by atomic mass is 15.1. The third kappa shape index (κ3) is 2.79. The Balaban J connectivity index is 1.63. The zero-order chi connectivity index (χ0) is 13.2. The lowest BCUT2D eigenvalue weighted by molar-refractivity contribution is 0.292. The molecule has 2 aliphatic heterocycles. The van der Waals surface area contributed by atoms with Gasteiger partial charge in [0, 0.05) is 18.8 Å². The second kappa shape index (κ2) is 5.54. The molecule has 0 aromatic heterocycles. The summed E-state index contributed by atoms with van der Waals surface area (Å²) in [5.74, 6) is 1.90. The van der Waals surface area contributed by atoms with E-state index >= 15 is 0 Å². The molecular weight excluding hydrogens is 232 g/mol. The molecule has 2 aliphatic rings. The average molecular weight is 258 g/mol. The lowest BCUT2D eigenvalue weighted by Gasteiger charge is -2.36. The van der Waals surface area contributed by atoms with Gasteiger partial charge in [-0.15, -0.1) is 0 Å². The Morgan fingerprint density at radius 3 is 2.47 bits per heavy atom. The SMILES string of the molecule is Cc1ccc(N2CCC(C3CCNC3)CC2)c(C)c1. The summed E-state index contributed by atoms with van der Waals surface area (Å²) in [6, 6.07) is 6.86. The Hall–Kier alpha value is -1.02. The van der Waals surface area contributed by atoms with E-state index in [2.05, 4.69) is 42.3 Å². The number of anilines is 1. The molecule has 0 aliphatic carbocycles. The van der Waals surface area contributed by atoms with Crippen LogP contribution in [0.4, 0.5) is 5.69 Å². The van der Waals surface area contributed by atoms with Crippen molar-refractivity contribution in [3.8, 4) is 0 Å². The van der Waals surface area contributed by atoms with Gasteiger partial charge in [0.15, 0.2) is 0 Å². The van der Waals surface area contributed by atoms with Crippen LogP contribution in [-0.4, -0.2) is 26.2 Å². The van der Waals surface area contributed by atoms with Crippen LogP contribution in [-0.2, 0) is 0 Å². The minimum atomic E-state index is 0.946. The van der Waals surface area contributed by atoms with Crippen molar-refractivity contribution in [1.82, 2.24) is 5.32 Å². The Morgan fingerprint density at radius 1 is 1.05 bits per heavy atom. The topological polar surface area (TPSA) is 15.3 Å². The molecule has 2 fully saturated rings. The molecule has 1 N–H and O–H groups in total. The van der Waals surface area contributed by atoms with Crippen molar-refractivity contribution < 1.29 is 0 Å². The van der Waals surface area contributed by atoms with E-state index in [-0.39, 0.29) is 0 Å². The second-order valence-electron chi connectivity index (χ2n) is 6.37. The first-order valence-electron chi connectivity index (χ1n) is 7.77. The van der Waals surface area contributed by atoms with E-state index < -0.39 is 0 Å². The molecule has 2 nitrogen and oxygen atoms in total. The molecule has 2 heterocycles. The molecule has 0 amide bonds. The largest absolute Gasteiger partial charge is 0.371 e. The van der Waals surface area contributed by atoms with E-state index in [9.17, 15) is 0 Å². The molecule has 0 saturated carbocycles. The summed E-state index contributed by atoms with van der Waals surface area (Å²) < 4.78 is 0. The fraction of sp³-hybridized carbons (Fsp3) is 0.647. The average Bonchev–Trinajstić information content (AvgIpc) is 2.93. The predicted molar refractivity (Wildman–Crippen MR) is 81.8 cm³/mol. The summed E-state index contributed by atoms with van der Waals surface area (Å²) in [5.41, 5.74) is 4.25. The summed E-state index contributed by atoms with van der Waals surface area (Å²) >= 11 is 0. The molecule has 1 aromatic carbocycles. The first-order valence-corrected chi connectivity index (χ1v) is 7.77. The van der Waals surface area contributed by atoms with Gasteiger partial charge < -0.3 is 10.2 Å². The number of benzene rings is 1. The van der Waals surface area contributed by atoms with E-state index in [4.69, 9.17) is 0 Å². The highest BCUT2D eigenvalue weighted by Gasteiger charge is 2.28. The number of hydrogen-bond acceptors (Lipinski definition) is 2. The fourth-order valence-corrected chi connectivity index (χ4v) is 3.85. The van der Waals surface area contributed by atoms with Crippen LogP contribution in [0.2, 0.25) is 0 Å². The second-order valence-corrected chi connectivity index (χ2v) is 6.37. The third-order valence-electron chi connectivity index (χ3n) is 5.00. The standard InChI is InChI=1S/C17H26N2/c1-13-3-4-17(14(2)11-13)19-9-6-15(7-10-19)16-5-8-18-12-16/h3-4,11,15-16,18H,5-10,12H2,1-2H3. The summed E-state index contributed by atoms with van der Waals surface area (Å²) in [4.78, 5) is 2.59. The van der Waals surface area contributed by atoms with Crippen molar-refractivity contribution >= 4 is 5.69 Å². The van der Waals surface area contributed by atoms with E-state index in [1.165, 1.54) is 62.3 Å². The van der Waals surface area contributed by atoms with Crippen molar-refractivity contribution in [2.75, 3.05) is 31.1 Å². The maximum atomic E-state index is 3.51. The number of nitrogens with zero attached hydrogens (tertiary/aromatic N) is 1. The molecule has 3 rings (SSSR count). The highest BCUT2D eigenvalue weighted by molar-refractivity contribution is 5.54. The minimum Gasteiger partial charge on any atom is -0.371 e. The lowest BCUT2D eigenvalue weighted by atomic mass is 9.83.